The molecular weight excluding hydrogens is 171 g/mol. The Morgan fingerprint density at radius 1 is 1.25 bits per heavy atom. The van der Waals surface area contributed by atoms with Crippen LogP contribution in [0.5, 0.6) is 0 Å². The summed E-state index contributed by atoms with van der Waals surface area (Å²) in [5.74, 6) is 0. The van der Waals surface area contributed by atoms with Crippen molar-refractivity contribution in [2.75, 3.05) is 0 Å². The molecule has 0 amide bonds. The number of hydrogen-bond donors (Lipinski definition) is 0. The largest absolute Gasteiger partial charge is 2.00 e. The molecule has 0 aliphatic heterocycles. The maximum Gasteiger partial charge on any atom is 2.00 e. The molecule has 20 valence electrons. The predicted molar refractivity (Wildman–Crippen MR) is 9.09 cm³/mol. The smallest absolute Gasteiger partial charge is 1.00 e. The minimum Gasteiger partial charge on any atom is -1.00 e. The van der Waals surface area contributed by atoms with Gasteiger partial charge in [-0.3, -0.25) is 0 Å². The Bertz CT molecular complexity index is 14.9. The van der Waals surface area contributed by atoms with Gasteiger partial charge in [-0.25, -0.2) is 0 Å². The SMILES string of the molecule is [Cr].[Fe].[H-].[H-].[H-].[K+].[Mg+2]. The molecule has 0 aliphatic rings. The van der Waals surface area contributed by atoms with Crippen LogP contribution in [-0.2, 0) is 34.4 Å². The quantitative estimate of drug-likeness (QED) is 0.342. The van der Waals surface area contributed by atoms with Crippen molar-refractivity contribution in [2.24, 2.45) is 0 Å². The predicted octanol–water partition coefficient (Wildman–Crippen LogP) is -3.04. The van der Waals surface area contributed by atoms with Crippen LogP contribution in [0.4, 0.5) is 0 Å². The topological polar surface area (TPSA) is 0 Å². The van der Waals surface area contributed by atoms with Gasteiger partial charge in [0.15, 0.2) is 0 Å². The summed E-state index contributed by atoms with van der Waals surface area (Å²) in [6.07, 6.45) is 0. The van der Waals surface area contributed by atoms with Gasteiger partial charge in [0.1, 0.15) is 0 Å². The Hall–Kier alpha value is 3.45. The molecular formula is H3CrFeKMg. The third kappa shape index (κ3) is 9.07. The maximum atomic E-state index is 0. The van der Waals surface area contributed by atoms with Crippen molar-refractivity contribution < 1.29 is 90.1 Å². The van der Waals surface area contributed by atoms with Crippen molar-refractivity contribution in [3.8, 4) is 0 Å². The fraction of sp³-hybridized carbons (Fsp3) is 0. The van der Waals surface area contributed by atoms with Crippen LogP contribution in [0, 0.1) is 0 Å². The first-order valence-corrected chi connectivity index (χ1v) is 0. The summed E-state index contributed by atoms with van der Waals surface area (Å²) in [5.41, 5.74) is 0. The van der Waals surface area contributed by atoms with Crippen molar-refractivity contribution in [3.05, 3.63) is 0 Å². The molecule has 0 bridgehead atoms. The van der Waals surface area contributed by atoms with Gasteiger partial charge in [0.2, 0.25) is 0 Å². The van der Waals surface area contributed by atoms with E-state index in [0.29, 0.717) is 0 Å². The molecule has 0 N–H and O–H groups in total. The van der Waals surface area contributed by atoms with Crippen molar-refractivity contribution >= 4 is 23.1 Å². The molecule has 0 spiro atoms. The Morgan fingerprint density at radius 3 is 1.25 bits per heavy atom. The Morgan fingerprint density at radius 2 is 1.25 bits per heavy atom. The standard InChI is InChI=1S/Cr.Fe.K.Mg.3H/q;;+1;+2;3*-1. The van der Waals surface area contributed by atoms with Gasteiger partial charge in [-0.15, -0.1) is 0 Å². The molecule has 0 heterocycles. The van der Waals surface area contributed by atoms with Gasteiger partial charge in [0, 0.05) is 34.4 Å². The summed E-state index contributed by atoms with van der Waals surface area (Å²) >= 11 is 0. The van der Waals surface area contributed by atoms with Crippen molar-refractivity contribution in [1.82, 2.24) is 0 Å². The van der Waals surface area contributed by atoms with Crippen LogP contribution >= 0.6 is 0 Å². The molecule has 0 aromatic heterocycles. The fourth-order valence-corrected chi connectivity index (χ4v) is 0. The van der Waals surface area contributed by atoms with Crippen LogP contribution in [0.25, 0.3) is 0 Å². The molecule has 0 rings (SSSR count). The van der Waals surface area contributed by atoms with E-state index in [1.807, 2.05) is 0 Å². The van der Waals surface area contributed by atoms with Crippen LogP contribution in [0.3, 0.4) is 0 Å². The van der Waals surface area contributed by atoms with E-state index < -0.39 is 0 Å². The monoisotopic (exact) mass is 174 g/mol. The van der Waals surface area contributed by atoms with Gasteiger partial charge in [-0.05, 0) is 0 Å². The molecule has 0 atom stereocenters. The molecule has 0 nitrogen and oxygen atoms in total. The average Bonchev–Trinajstić information content (AvgIpc) is 0. The maximum absolute atomic E-state index is 0. The van der Waals surface area contributed by atoms with Gasteiger partial charge < -0.3 is 4.28 Å². The van der Waals surface area contributed by atoms with E-state index in [4.69, 9.17) is 0 Å². The van der Waals surface area contributed by atoms with Crippen LogP contribution in [0.2, 0.25) is 0 Å². The number of rotatable bonds is 0. The fourth-order valence-electron chi connectivity index (χ4n) is 0. The Labute approximate surface area is 110 Å². The van der Waals surface area contributed by atoms with Crippen LogP contribution in [0.1, 0.15) is 4.28 Å². The molecule has 0 saturated carbocycles. The van der Waals surface area contributed by atoms with E-state index in [1.54, 1.807) is 0 Å². The molecule has 0 saturated heterocycles. The first kappa shape index (κ1) is 26.0. The summed E-state index contributed by atoms with van der Waals surface area (Å²) < 4.78 is 0. The van der Waals surface area contributed by atoms with E-state index in [2.05, 4.69) is 0 Å². The zero-order chi connectivity index (χ0) is 0. The van der Waals surface area contributed by atoms with Gasteiger partial charge in [0.05, 0.1) is 0 Å². The van der Waals surface area contributed by atoms with E-state index in [9.17, 15) is 0 Å². The average molecular weight is 174 g/mol. The first-order chi connectivity index (χ1) is 0. The van der Waals surface area contributed by atoms with Crippen molar-refractivity contribution in [1.29, 1.82) is 0 Å². The van der Waals surface area contributed by atoms with Crippen molar-refractivity contribution in [3.63, 3.8) is 0 Å². The van der Waals surface area contributed by atoms with Crippen LogP contribution in [-0.4, -0.2) is 23.1 Å². The zero-order valence-electron chi connectivity index (χ0n) is 5.47. The summed E-state index contributed by atoms with van der Waals surface area (Å²) in [7, 11) is 0. The van der Waals surface area contributed by atoms with Crippen LogP contribution < -0.4 is 51.4 Å². The number of hydrogen-bond acceptors (Lipinski definition) is 0. The second-order valence-corrected chi connectivity index (χ2v) is 0. The normalized spacial score (nSPS) is 0. The summed E-state index contributed by atoms with van der Waals surface area (Å²) in [6, 6.07) is 0. The molecule has 0 radical (unpaired) electrons. The molecule has 0 aliphatic carbocycles. The summed E-state index contributed by atoms with van der Waals surface area (Å²) in [5, 5.41) is 0. The van der Waals surface area contributed by atoms with Crippen molar-refractivity contribution in [2.45, 2.75) is 0 Å². The molecule has 0 aromatic rings. The molecule has 0 unspecified atom stereocenters. The van der Waals surface area contributed by atoms with Gasteiger partial charge in [0.25, 0.3) is 0 Å². The molecule has 4 heteroatoms. The second kappa shape index (κ2) is 16.1. The van der Waals surface area contributed by atoms with Crippen LogP contribution in [0.15, 0.2) is 0 Å². The summed E-state index contributed by atoms with van der Waals surface area (Å²) in [6.45, 7) is 0. The van der Waals surface area contributed by atoms with E-state index in [1.165, 1.54) is 0 Å². The molecule has 0 aromatic carbocycles. The summed E-state index contributed by atoms with van der Waals surface area (Å²) in [4.78, 5) is 0. The van der Waals surface area contributed by atoms with Gasteiger partial charge >= 0.3 is 74.4 Å². The van der Waals surface area contributed by atoms with E-state index in [0.717, 1.165) is 0 Å². The Kier molecular flexibility index (Phi) is 105. The van der Waals surface area contributed by atoms with E-state index >= 15 is 0 Å². The van der Waals surface area contributed by atoms with Gasteiger partial charge in [-0.1, -0.05) is 0 Å². The zero-order valence-corrected chi connectivity index (χ0v) is 9.39. The van der Waals surface area contributed by atoms with E-state index in [-0.39, 0.29) is 113 Å². The molecule has 4 heavy (non-hydrogen) atoms. The van der Waals surface area contributed by atoms with Gasteiger partial charge in [-0.2, -0.15) is 0 Å². The third-order valence-electron chi connectivity index (χ3n) is 0. The minimum absolute atomic E-state index is 0. The minimum atomic E-state index is 0. The second-order valence-electron chi connectivity index (χ2n) is 0. The molecule has 0 fully saturated rings. The Balaban J connectivity index is 0. The first-order valence-electron chi connectivity index (χ1n) is 0. The third-order valence-corrected chi connectivity index (χ3v) is 0.